The quantitative estimate of drug-likeness (QED) is 0.277. The fourth-order valence-electron chi connectivity index (χ4n) is 13.2. The number of aliphatic hydroxyl groups is 3. The van der Waals surface area contributed by atoms with Gasteiger partial charge in [0.25, 0.3) is 0 Å². The molecule has 13 atom stereocenters. The van der Waals surface area contributed by atoms with Gasteiger partial charge in [0.15, 0.2) is 0 Å². The highest BCUT2D eigenvalue weighted by Gasteiger charge is 2.72. The Labute approximate surface area is 295 Å². The van der Waals surface area contributed by atoms with Crippen molar-refractivity contribution < 1.29 is 34.4 Å². The maximum absolute atomic E-state index is 13.9. The summed E-state index contributed by atoms with van der Waals surface area (Å²) in [7, 11) is 0. The Kier molecular flexibility index (Phi) is 8.99. The molecule has 9 nitrogen and oxygen atoms in total. The number of nitrogens with zero attached hydrogens (tertiary/aromatic N) is 1. The second kappa shape index (κ2) is 11.8. The zero-order chi connectivity index (χ0) is 36.3. The summed E-state index contributed by atoms with van der Waals surface area (Å²) in [6, 6.07) is -0.815. The molecule has 4 aliphatic carbocycles. The summed E-state index contributed by atoms with van der Waals surface area (Å²) in [6.45, 7) is 23.6. The van der Waals surface area contributed by atoms with E-state index < -0.39 is 35.5 Å². The largest absolute Gasteiger partial charge is 0.444 e. The number of carbonyl (C=O) groups is 2. The Bertz CT molecular complexity index is 1310. The number of likely N-dealkylation sites (tertiary alicyclic amines) is 1. The van der Waals surface area contributed by atoms with Crippen LogP contribution in [0.2, 0.25) is 0 Å². The molecule has 0 unspecified atom stereocenters. The molecule has 2 amide bonds. The van der Waals surface area contributed by atoms with Gasteiger partial charge in [-0.2, -0.15) is 0 Å². The van der Waals surface area contributed by atoms with Crippen LogP contribution in [-0.4, -0.2) is 86.0 Å². The SMILES string of the molecule is CC(C)(C)OC(=O)N1C[C@H](O)C[C@H]1C(=O)N[C@H]1CC[C@]2(C)[C@H]3C[C@@H](O)[C@@H]4[C@@H]([C@]5(C)CC[C@H](C(C)(C)O)O5)CC[C@@]4(C)[C@]3(C)CC[C@H]2C1(C)C. The molecular weight excluding hydrogens is 620 g/mol. The number of hydrogen-bond acceptors (Lipinski definition) is 7. The Morgan fingerprint density at radius 2 is 1.49 bits per heavy atom. The second-order valence-corrected chi connectivity index (χ2v) is 20.5. The van der Waals surface area contributed by atoms with Gasteiger partial charge in [-0.05, 0) is 145 Å². The van der Waals surface area contributed by atoms with E-state index in [1.807, 2.05) is 13.8 Å². The van der Waals surface area contributed by atoms with Crippen LogP contribution < -0.4 is 5.32 Å². The molecule has 49 heavy (non-hydrogen) atoms. The van der Waals surface area contributed by atoms with E-state index in [4.69, 9.17) is 9.47 Å². The molecule has 4 saturated carbocycles. The van der Waals surface area contributed by atoms with Crippen LogP contribution in [0.25, 0.3) is 0 Å². The summed E-state index contributed by atoms with van der Waals surface area (Å²) in [5, 5.41) is 36.9. The van der Waals surface area contributed by atoms with Gasteiger partial charge < -0.3 is 30.1 Å². The molecule has 0 bridgehead atoms. The zero-order valence-electron chi connectivity index (χ0n) is 32.4. The summed E-state index contributed by atoms with van der Waals surface area (Å²) in [6.07, 6.45) is 6.99. The molecule has 6 rings (SSSR count). The van der Waals surface area contributed by atoms with Crippen molar-refractivity contribution >= 4 is 12.0 Å². The lowest BCUT2D eigenvalue weighted by molar-refractivity contribution is -0.240. The smallest absolute Gasteiger partial charge is 0.411 e. The minimum atomic E-state index is -0.879. The minimum Gasteiger partial charge on any atom is -0.444 e. The molecule has 0 aromatic heterocycles. The fraction of sp³-hybridized carbons (Fsp3) is 0.950. The molecule has 2 saturated heterocycles. The molecule has 2 heterocycles. The number of amides is 2. The predicted molar refractivity (Wildman–Crippen MR) is 188 cm³/mol. The molecular formula is C40H68N2O7. The zero-order valence-corrected chi connectivity index (χ0v) is 32.4. The third-order valence-corrected chi connectivity index (χ3v) is 15.8. The summed E-state index contributed by atoms with van der Waals surface area (Å²) in [5.41, 5.74) is -2.05. The number of aliphatic hydroxyl groups excluding tert-OH is 2. The van der Waals surface area contributed by atoms with Crippen LogP contribution >= 0.6 is 0 Å². The van der Waals surface area contributed by atoms with Crippen molar-refractivity contribution in [3.63, 3.8) is 0 Å². The first-order chi connectivity index (χ1) is 22.4. The standard InChI is InChI=1S/C40H68N2O7/c1-34(2,3)49-33(46)42-22-23(43)20-25(42)32(45)41-29-14-16-37(8)27(35(29,4)5)13-18-38(9)28(37)21-26(44)31-24(12-17-39(31,38)10)40(11)19-15-30(48-40)36(6,7)47/h23-31,43-44,47H,12-22H2,1-11H3,(H,41,45)/t23-,24+,25+,26-,27+,28-,29+,30-,31+,37+,38-,39-,40+/m1/s1. The average Bonchev–Trinajstić information content (AvgIpc) is 3.67. The highest BCUT2D eigenvalue weighted by molar-refractivity contribution is 5.86. The van der Waals surface area contributed by atoms with E-state index in [1.54, 1.807) is 20.8 Å². The predicted octanol–water partition coefficient (Wildman–Crippen LogP) is 6.21. The Hall–Kier alpha value is -1.42. The van der Waals surface area contributed by atoms with Crippen molar-refractivity contribution in [2.24, 2.45) is 45.3 Å². The van der Waals surface area contributed by atoms with Crippen LogP contribution in [0.3, 0.4) is 0 Å². The van der Waals surface area contributed by atoms with E-state index in [1.165, 1.54) is 4.90 Å². The fourth-order valence-corrected chi connectivity index (χ4v) is 13.2. The molecule has 0 radical (unpaired) electrons. The van der Waals surface area contributed by atoms with Crippen LogP contribution in [0, 0.1) is 45.3 Å². The number of carbonyl (C=O) groups excluding carboxylic acids is 2. The molecule has 0 aromatic rings. The molecule has 6 fully saturated rings. The van der Waals surface area contributed by atoms with Gasteiger partial charge in [-0.1, -0.05) is 34.6 Å². The lowest BCUT2D eigenvalue weighted by Gasteiger charge is -2.71. The third kappa shape index (κ3) is 5.87. The number of fused-ring (bicyclic) bond motifs is 5. The normalized spacial score (nSPS) is 48.0. The first kappa shape index (κ1) is 37.3. The second-order valence-electron chi connectivity index (χ2n) is 20.5. The van der Waals surface area contributed by atoms with E-state index in [-0.39, 0.29) is 70.1 Å². The maximum Gasteiger partial charge on any atom is 0.411 e. The summed E-state index contributed by atoms with van der Waals surface area (Å²) < 4.78 is 12.3. The van der Waals surface area contributed by atoms with Gasteiger partial charge in [-0.25, -0.2) is 4.79 Å². The Balaban J connectivity index is 1.20. The van der Waals surface area contributed by atoms with Crippen molar-refractivity contribution in [3.8, 4) is 0 Å². The molecule has 2 aliphatic heterocycles. The highest BCUT2D eigenvalue weighted by atomic mass is 16.6. The van der Waals surface area contributed by atoms with Gasteiger partial charge in [0.2, 0.25) is 5.91 Å². The third-order valence-electron chi connectivity index (χ3n) is 15.8. The molecule has 0 spiro atoms. The molecule has 0 aromatic carbocycles. The van der Waals surface area contributed by atoms with Gasteiger partial charge >= 0.3 is 6.09 Å². The van der Waals surface area contributed by atoms with Crippen molar-refractivity contribution in [2.45, 2.75) is 188 Å². The topological polar surface area (TPSA) is 129 Å². The monoisotopic (exact) mass is 689 g/mol. The van der Waals surface area contributed by atoms with Gasteiger partial charge in [0.1, 0.15) is 11.6 Å². The summed E-state index contributed by atoms with van der Waals surface area (Å²) in [4.78, 5) is 28.3. The lowest BCUT2D eigenvalue weighted by Crippen LogP contribution is -2.68. The van der Waals surface area contributed by atoms with Gasteiger partial charge in [0, 0.05) is 12.5 Å². The van der Waals surface area contributed by atoms with Crippen LogP contribution in [0.4, 0.5) is 4.79 Å². The number of hydrogen-bond donors (Lipinski definition) is 4. The van der Waals surface area contributed by atoms with Gasteiger partial charge in [-0.3, -0.25) is 9.69 Å². The van der Waals surface area contributed by atoms with E-state index in [2.05, 4.69) is 46.9 Å². The minimum absolute atomic E-state index is 0.0106. The van der Waals surface area contributed by atoms with Crippen LogP contribution in [0.1, 0.15) is 140 Å². The van der Waals surface area contributed by atoms with Crippen molar-refractivity contribution in [3.05, 3.63) is 0 Å². The molecule has 280 valence electrons. The maximum atomic E-state index is 13.9. The van der Waals surface area contributed by atoms with Gasteiger partial charge in [-0.15, -0.1) is 0 Å². The van der Waals surface area contributed by atoms with Crippen LogP contribution in [-0.2, 0) is 14.3 Å². The van der Waals surface area contributed by atoms with Crippen molar-refractivity contribution in [2.75, 3.05) is 6.54 Å². The summed E-state index contributed by atoms with van der Waals surface area (Å²) >= 11 is 0. The van der Waals surface area contributed by atoms with E-state index >= 15 is 0 Å². The highest BCUT2D eigenvalue weighted by Crippen LogP contribution is 2.76. The molecule has 6 aliphatic rings. The van der Waals surface area contributed by atoms with E-state index in [0.717, 1.165) is 57.8 Å². The Morgan fingerprint density at radius 3 is 2.10 bits per heavy atom. The van der Waals surface area contributed by atoms with Crippen molar-refractivity contribution in [1.82, 2.24) is 10.2 Å². The molecule has 9 heteroatoms. The van der Waals surface area contributed by atoms with E-state index in [9.17, 15) is 24.9 Å². The van der Waals surface area contributed by atoms with Crippen molar-refractivity contribution in [1.29, 1.82) is 0 Å². The summed E-state index contributed by atoms with van der Waals surface area (Å²) in [5.74, 6) is 0.942. The van der Waals surface area contributed by atoms with E-state index in [0.29, 0.717) is 11.8 Å². The Morgan fingerprint density at radius 1 is 0.837 bits per heavy atom. The number of β-amino-alcohol motifs (C(OH)–C–C–N with tert-alkyl or cyclic N) is 1. The van der Waals surface area contributed by atoms with Crippen LogP contribution in [0.15, 0.2) is 0 Å². The first-order valence-electron chi connectivity index (χ1n) is 19.4. The first-order valence-corrected chi connectivity index (χ1v) is 19.4. The van der Waals surface area contributed by atoms with Gasteiger partial charge in [0.05, 0.1) is 36.1 Å². The average molecular weight is 689 g/mol. The number of nitrogens with one attached hydrogen (secondary N) is 1. The number of ether oxygens (including phenoxy) is 2. The lowest BCUT2D eigenvalue weighted by atomic mass is 9.35. The van der Waals surface area contributed by atoms with Crippen LogP contribution in [0.5, 0.6) is 0 Å². The molecule has 4 N–H and O–H groups in total. The number of rotatable bonds is 4.